The molecule has 4 N–H and O–H groups in total. The minimum absolute atomic E-state index is 0.0535. The molecule has 2 rings (SSSR count). The van der Waals surface area contributed by atoms with Crippen LogP contribution in [0.25, 0.3) is 0 Å². The molecule has 1 aliphatic heterocycles. The highest BCUT2D eigenvalue weighted by atomic mass is 32.1. The summed E-state index contributed by atoms with van der Waals surface area (Å²) in [6.45, 7) is 1.81. The standard InChI is InChI=1S/C14H17N5O2S/c1-9-2-4-10(5-3-9)11-6-7-13(21)19(18-11)8-12(20)16-17-14(15)22/h2-5H,6-8H2,1H3,(H,16,20)(H3,15,17,22). The van der Waals surface area contributed by atoms with Crippen LogP contribution in [0.3, 0.4) is 0 Å². The molecule has 0 fully saturated rings. The number of aryl methyl sites for hydroxylation is 1. The molecule has 0 aliphatic carbocycles. The van der Waals surface area contributed by atoms with Crippen LogP contribution in [0, 0.1) is 6.92 Å². The highest BCUT2D eigenvalue weighted by Gasteiger charge is 2.23. The Kier molecular flexibility index (Phi) is 5.05. The van der Waals surface area contributed by atoms with E-state index in [1.165, 1.54) is 0 Å². The van der Waals surface area contributed by atoms with Gasteiger partial charge in [-0.05, 0) is 24.7 Å². The van der Waals surface area contributed by atoms with Crippen LogP contribution >= 0.6 is 12.2 Å². The number of amides is 2. The number of benzene rings is 1. The first-order chi connectivity index (χ1) is 10.5. The van der Waals surface area contributed by atoms with Gasteiger partial charge in [0.15, 0.2) is 5.11 Å². The summed E-state index contributed by atoms with van der Waals surface area (Å²) in [4.78, 5) is 23.6. The highest BCUT2D eigenvalue weighted by Crippen LogP contribution is 2.15. The van der Waals surface area contributed by atoms with Crippen LogP contribution < -0.4 is 16.6 Å². The fourth-order valence-electron chi connectivity index (χ4n) is 1.98. The average molecular weight is 319 g/mol. The van der Waals surface area contributed by atoms with Crippen LogP contribution in [-0.2, 0) is 9.59 Å². The molecule has 7 nitrogen and oxygen atoms in total. The Morgan fingerprint density at radius 1 is 1.32 bits per heavy atom. The van der Waals surface area contributed by atoms with Gasteiger partial charge in [0.25, 0.3) is 5.91 Å². The molecule has 1 aliphatic rings. The molecule has 116 valence electrons. The Bertz CT molecular complexity index is 627. The average Bonchev–Trinajstić information content (AvgIpc) is 2.48. The van der Waals surface area contributed by atoms with E-state index in [2.05, 4.69) is 28.2 Å². The maximum atomic E-state index is 11.9. The van der Waals surface area contributed by atoms with Crippen LogP contribution in [0.15, 0.2) is 29.4 Å². The van der Waals surface area contributed by atoms with E-state index in [0.717, 1.165) is 21.8 Å². The fraction of sp³-hybridized carbons (Fsp3) is 0.286. The largest absolute Gasteiger partial charge is 0.375 e. The van der Waals surface area contributed by atoms with Gasteiger partial charge < -0.3 is 5.73 Å². The summed E-state index contributed by atoms with van der Waals surface area (Å²) in [5.74, 6) is -0.642. The number of hydrogen-bond donors (Lipinski definition) is 3. The van der Waals surface area contributed by atoms with E-state index in [-0.39, 0.29) is 17.6 Å². The quantitative estimate of drug-likeness (QED) is 0.545. The third-order valence-corrected chi connectivity index (χ3v) is 3.21. The number of hydrazone groups is 1. The maximum absolute atomic E-state index is 11.9. The van der Waals surface area contributed by atoms with Gasteiger partial charge in [0.05, 0.1) is 5.71 Å². The zero-order valence-corrected chi connectivity index (χ0v) is 12.9. The van der Waals surface area contributed by atoms with Crippen molar-refractivity contribution in [3.8, 4) is 0 Å². The molecule has 0 aromatic heterocycles. The molecule has 0 saturated heterocycles. The third kappa shape index (κ3) is 4.26. The molecule has 1 heterocycles. The first-order valence-corrected chi connectivity index (χ1v) is 7.15. The molecule has 0 radical (unpaired) electrons. The van der Waals surface area contributed by atoms with E-state index in [0.29, 0.717) is 12.8 Å². The first-order valence-electron chi connectivity index (χ1n) is 6.75. The van der Waals surface area contributed by atoms with Crippen molar-refractivity contribution in [2.75, 3.05) is 6.54 Å². The van der Waals surface area contributed by atoms with E-state index in [4.69, 9.17) is 5.73 Å². The molecule has 0 unspecified atom stereocenters. The van der Waals surface area contributed by atoms with Crippen molar-refractivity contribution in [3.63, 3.8) is 0 Å². The van der Waals surface area contributed by atoms with E-state index in [1.807, 2.05) is 31.2 Å². The second kappa shape index (κ2) is 6.99. The number of nitrogens with two attached hydrogens (primary N) is 1. The van der Waals surface area contributed by atoms with Gasteiger partial charge in [-0.1, -0.05) is 29.8 Å². The van der Waals surface area contributed by atoms with Crippen LogP contribution in [0.5, 0.6) is 0 Å². The van der Waals surface area contributed by atoms with Crippen molar-refractivity contribution >= 4 is 34.9 Å². The molecular formula is C14H17N5O2S. The molecule has 1 aromatic carbocycles. The van der Waals surface area contributed by atoms with Gasteiger partial charge in [-0.15, -0.1) is 0 Å². The van der Waals surface area contributed by atoms with Gasteiger partial charge in [-0.3, -0.25) is 20.4 Å². The van der Waals surface area contributed by atoms with Crippen molar-refractivity contribution in [1.82, 2.24) is 15.9 Å². The van der Waals surface area contributed by atoms with Crippen molar-refractivity contribution in [3.05, 3.63) is 35.4 Å². The Balaban J connectivity index is 2.07. The first kappa shape index (κ1) is 15.9. The Morgan fingerprint density at radius 3 is 2.64 bits per heavy atom. The number of carbonyl (C=O) groups excluding carboxylic acids is 2. The van der Waals surface area contributed by atoms with Crippen molar-refractivity contribution in [2.45, 2.75) is 19.8 Å². The summed E-state index contributed by atoms with van der Waals surface area (Å²) in [7, 11) is 0. The van der Waals surface area contributed by atoms with Gasteiger partial charge >= 0.3 is 0 Å². The summed E-state index contributed by atoms with van der Waals surface area (Å²) in [5.41, 5.74) is 12.7. The van der Waals surface area contributed by atoms with Crippen LogP contribution in [0.1, 0.15) is 24.0 Å². The summed E-state index contributed by atoms with van der Waals surface area (Å²) in [5, 5.41) is 5.39. The minimum Gasteiger partial charge on any atom is -0.375 e. The summed E-state index contributed by atoms with van der Waals surface area (Å²) in [6.07, 6.45) is 0.883. The Hall–Kier alpha value is -2.48. The Morgan fingerprint density at radius 2 is 2.00 bits per heavy atom. The molecule has 0 spiro atoms. The second-order valence-corrected chi connectivity index (χ2v) is 5.34. The molecule has 2 amide bonds. The molecule has 1 aromatic rings. The number of hydrazine groups is 1. The summed E-state index contributed by atoms with van der Waals surface area (Å²) < 4.78 is 0. The second-order valence-electron chi connectivity index (χ2n) is 4.90. The van der Waals surface area contributed by atoms with Crippen molar-refractivity contribution in [2.24, 2.45) is 10.8 Å². The number of hydrogen-bond acceptors (Lipinski definition) is 4. The molecular weight excluding hydrogens is 302 g/mol. The van der Waals surface area contributed by atoms with E-state index < -0.39 is 5.91 Å². The van der Waals surface area contributed by atoms with E-state index in [1.54, 1.807) is 0 Å². The lowest BCUT2D eigenvalue weighted by molar-refractivity contribution is -0.136. The number of rotatable bonds is 3. The van der Waals surface area contributed by atoms with Crippen LogP contribution in [0.4, 0.5) is 0 Å². The normalized spacial score (nSPS) is 14.3. The van der Waals surface area contributed by atoms with Crippen LogP contribution in [0.2, 0.25) is 0 Å². The van der Waals surface area contributed by atoms with Gasteiger partial charge in [0.2, 0.25) is 5.91 Å². The van der Waals surface area contributed by atoms with Gasteiger partial charge in [0, 0.05) is 12.8 Å². The molecule has 8 heteroatoms. The monoisotopic (exact) mass is 319 g/mol. The lowest BCUT2D eigenvalue weighted by Gasteiger charge is -2.23. The summed E-state index contributed by atoms with van der Waals surface area (Å²) >= 11 is 4.58. The molecule has 0 saturated carbocycles. The number of thiocarbonyl (C=S) groups is 1. The topological polar surface area (TPSA) is 99.8 Å². The summed E-state index contributed by atoms with van der Waals surface area (Å²) in [6, 6.07) is 7.88. The number of carbonyl (C=O) groups is 2. The van der Waals surface area contributed by atoms with E-state index >= 15 is 0 Å². The lowest BCUT2D eigenvalue weighted by Crippen LogP contribution is -2.48. The maximum Gasteiger partial charge on any atom is 0.260 e. The zero-order valence-electron chi connectivity index (χ0n) is 12.1. The molecule has 0 atom stereocenters. The van der Waals surface area contributed by atoms with Crippen molar-refractivity contribution < 1.29 is 9.59 Å². The van der Waals surface area contributed by atoms with Gasteiger partial charge in [0.1, 0.15) is 6.54 Å². The minimum atomic E-state index is -0.449. The van der Waals surface area contributed by atoms with Crippen molar-refractivity contribution in [1.29, 1.82) is 0 Å². The van der Waals surface area contributed by atoms with Gasteiger partial charge in [-0.25, -0.2) is 5.01 Å². The SMILES string of the molecule is Cc1ccc(C2=NN(CC(=O)NNC(N)=S)C(=O)CC2)cc1. The highest BCUT2D eigenvalue weighted by molar-refractivity contribution is 7.80. The lowest BCUT2D eigenvalue weighted by atomic mass is 10.0. The fourth-order valence-corrected chi connectivity index (χ4v) is 2.04. The number of nitrogens with one attached hydrogen (secondary N) is 2. The Labute approximate surface area is 133 Å². The molecule has 22 heavy (non-hydrogen) atoms. The third-order valence-electron chi connectivity index (χ3n) is 3.11. The smallest absolute Gasteiger partial charge is 0.260 e. The zero-order chi connectivity index (χ0) is 16.1. The molecule has 0 bridgehead atoms. The van der Waals surface area contributed by atoms with Crippen LogP contribution in [-0.4, -0.2) is 34.2 Å². The predicted molar refractivity (Wildman–Crippen MR) is 86.7 cm³/mol. The van der Waals surface area contributed by atoms with Gasteiger partial charge in [-0.2, -0.15) is 5.10 Å². The predicted octanol–water partition coefficient (Wildman–Crippen LogP) is 0.186. The number of nitrogens with zero attached hydrogens (tertiary/aromatic N) is 2. The van der Waals surface area contributed by atoms with E-state index in [9.17, 15) is 9.59 Å².